The van der Waals surface area contributed by atoms with E-state index in [2.05, 4.69) is 0 Å². The smallest absolute Gasteiger partial charge is 0.176 e. The molecule has 0 N–H and O–H groups in total. The Labute approximate surface area is 95.8 Å². The molecule has 1 aliphatic rings. The second-order valence-electron chi connectivity index (χ2n) is 3.60. The van der Waals surface area contributed by atoms with E-state index in [1.54, 1.807) is 0 Å². The summed E-state index contributed by atoms with van der Waals surface area (Å²) < 4.78 is 113. The van der Waals surface area contributed by atoms with E-state index >= 15 is 0 Å². The summed E-state index contributed by atoms with van der Waals surface area (Å²) in [7, 11) is -7.64. The van der Waals surface area contributed by atoms with E-state index < -0.39 is 31.0 Å². The molecule has 0 aromatic carbocycles. The minimum atomic E-state index is -7.64. The maximum atomic E-state index is 12.6. The van der Waals surface area contributed by atoms with Crippen LogP contribution in [0.15, 0.2) is 24.3 Å². The lowest BCUT2D eigenvalue weighted by atomic mass is 10.5. The van der Waals surface area contributed by atoms with E-state index in [1.807, 2.05) is 0 Å². The quantitative estimate of drug-likeness (QED) is 0.502. The van der Waals surface area contributed by atoms with Gasteiger partial charge in [0.15, 0.2) is 0 Å². The van der Waals surface area contributed by atoms with E-state index in [0.717, 1.165) is 12.2 Å². The number of hydrogen-bond acceptors (Lipinski definition) is 0. The highest BCUT2D eigenvalue weighted by molar-refractivity contribution is 6.87. The first kappa shape index (κ1) is 15.1. The van der Waals surface area contributed by atoms with Crippen LogP contribution in [0.1, 0.15) is 0 Å². The van der Waals surface area contributed by atoms with Crippen molar-refractivity contribution in [3.63, 3.8) is 0 Å². The van der Waals surface area contributed by atoms with Gasteiger partial charge in [0.25, 0.3) is 0 Å². The van der Waals surface area contributed by atoms with Crippen molar-refractivity contribution in [3.05, 3.63) is 24.3 Å². The van der Waals surface area contributed by atoms with Crippen LogP contribution >= 0.6 is 0 Å². The van der Waals surface area contributed by atoms with Crippen molar-refractivity contribution in [3.8, 4) is 0 Å². The van der Waals surface area contributed by atoms with Crippen LogP contribution in [-0.4, -0.2) is 25.5 Å². The molecule has 0 heterocycles. The third-order valence-electron chi connectivity index (χ3n) is 2.59. The Balaban J connectivity index is 3.57. The van der Waals surface area contributed by atoms with Crippen molar-refractivity contribution in [2.75, 3.05) is 0 Å². The fraction of sp³-hybridized carbons (Fsp3) is 0.500. The predicted octanol–water partition coefficient (Wildman–Crippen LogP) is 4.24. The van der Waals surface area contributed by atoms with Crippen molar-refractivity contribution in [1.29, 1.82) is 0 Å². The van der Waals surface area contributed by atoms with Gasteiger partial charge in [-0.3, -0.25) is 0 Å². The molecular formula is C8H5F9Si. The van der Waals surface area contributed by atoms with Gasteiger partial charge < -0.3 is 0 Å². The summed E-state index contributed by atoms with van der Waals surface area (Å²) in [5.41, 5.74) is -2.71. The van der Waals surface area contributed by atoms with Crippen LogP contribution in [0.3, 0.4) is 0 Å². The van der Waals surface area contributed by atoms with Gasteiger partial charge in [-0.1, -0.05) is 24.3 Å². The van der Waals surface area contributed by atoms with Crippen LogP contribution < -0.4 is 0 Å². The Morgan fingerprint density at radius 3 is 1.11 bits per heavy atom. The molecule has 0 fully saturated rings. The number of allylic oxidation sites excluding steroid dienone is 4. The minimum Gasteiger partial charge on any atom is -0.176 e. The first-order valence-corrected chi connectivity index (χ1v) is 6.48. The summed E-state index contributed by atoms with van der Waals surface area (Å²) >= 11 is 0. The van der Waals surface area contributed by atoms with Gasteiger partial charge in [0.1, 0.15) is 0 Å². The summed E-state index contributed by atoms with van der Waals surface area (Å²) in [4.78, 5) is 0. The molecule has 0 aliphatic heterocycles. The molecule has 10 heteroatoms. The Morgan fingerprint density at radius 2 is 0.889 bits per heavy atom. The molecule has 1 rings (SSSR count). The molecule has 0 saturated heterocycles. The Kier molecular flexibility index (Phi) is 3.39. The van der Waals surface area contributed by atoms with Gasteiger partial charge >= 0.3 is 25.5 Å². The molecule has 0 aromatic heterocycles. The van der Waals surface area contributed by atoms with Gasteiger partial charge in [-0.2, -0.15) is 39.5 Å². The third kappa shape index (κ3) is 1.95. The third-order valence-corrected chi connectivity index (χ3v) is 6.66. The molecule has 0 saturated carbocycles. The largest absolute Gasteiger partial charge is 0.433 e. The SMILES string of the molecule is FC(F)(F)[Si](C1C=CC=C1)(C(F)(F)F)C(F)(F)F. The van der Waals surface area contributed by atoms with Gasteiger partial charge in [0.2, 0.25) is 0 Å². The fourth-order valence-corrected chi connectivity index (χ4v) is 4.67. The summed E-state index contributed by atoms with van der Waals surface area (Å²) in [6.07, 6.45) is 2.08. The molecule has 104 valence electrons. The van der Waals surface area contributed by atoms with Crippen LogP contribution in [0, 0.1) is 0 Å². The molecule has 0 unspecified atom stereocenters. The van der Waals surface area contributed by atoms with E-state index in [0.29, 0.717) is 12.2 Å². The lowest BCUT2D eigenvalue weighted by Crippen LogP contribution is -2.73. The maximum absolute atomic E-state index is 12.6. The number of halogens is 9. The number of alkyl halides is 9. The molecule has 1 aliphatic carbocycles. The number of rotatable bonds is 1. The highest BCUT2D eigenvalue weighted by atomic mass is 28.3. The zero-order chi connectivity index (χ0) is 14.4. The summed E-state index contributed by atoms with van der Waals surface area (Å²) in [6, 6.07) is 0. The first-order chi connectivity index (χ1) is 7.86. The highest BCUT2D eigenvalue weighted by Gasteiger charge is 2.89. The molecule has 0 amide bonds. The van der Waals surface area contributed by atoms with E-state index in [9.17, 15) is 39.5 Å². The average molecular weight is 300 g/mol. The molecule has 0 aromatic rings. The molecule has 0 nitrogen and oxygen atoms in total. The van der Waals surface area contributed by atoms with Crippen molar-refractivity contribution >= 4 is 8.07 Å². The van der Waals surface area contributed by atoms with E-state index in [-0.39, 0.29) is 0 Å². The highest BCUT2D eigenvalue weighted by Crippen LogP contribution is 2.57. The Hall–Kier alpha value is -0.933. The molecule has 0 atom stereocenters. The van der Waals surface area contributed by atoms with Crippen molar-refractivity contribution in [2.45, 2.75) is 22.9 Å². The van der Waals surface area contributed by atoms with Gasteiger partial charge in [-0.25, -0.2) is 0 Å². The lowest BCUT2D eigenvalue weighted by molar-refractivity contribution is -0.164. The van der Waals surface area contributed by atoms with Crippen LogP contribution in [-0.2, 0) is 0 Å². The zero-order valence-electron chi connectivity index (χ0n) is 8.29. The minimum absolute atomic E-state index is 0.292. The van der Waals surface area contributed by atoms with Crippen LogP contribution in [0.2, 0.25) is 5.54 Å². The van der Waals surface area contributed by atoms with Gasteiger partial charge in [0, 0.05) is 5.54 Å². The summed E-state index contributed by atoms with van der Waals surface area (Å²) in [6.45, 7) is 0. The van der Waals surface area contributed by atoms with Crippen LogP contribution in [0.4, 0.5) is 39.5 Å². The maximum Gasteiger partial charge on any atom is 0.433 e. The van der Waals surface area contributed by atoms with Crippen molar-refractivity contribution in [1.82, 2.24) is 0 Å². The van der Waals surface area contributed by atoms with Crippen LogP contribution in [0.5, 0.6) is 0 Å². The van der Waals surface area contributed by atoms with Gasteiger partial charge in [-0.15, -0.1) is 0 Å². The van der Waals surface area contributed by atoms with Gasteiger partial charge in [-0.05, 0) is 0 Å². The molecule has 0 spiro atoms. The topological polar surface area (TPSA) is 0 Å². The lowest BCUT2D eigenvalue weighted by Gasteiger charge is -2.38. The standard InChI is InChI=1S/C8H5F9Si/c9-6(10,11)18(7(12,13)14,8(15,16)17)5-3-1-2-4-5/h1-5H. The number of hydrogen-bond donors (Lipinski definition) is 0. The molecule has 18 heavy (non-hydrogen) atoms. The monoisotopic (exact) mass is 300 g/mol. The summed E-state index contributed by atoms with van der Waals surface area (Å²) in [5, 5.41) is 0. The van der Waals surface area contributed by atoms with Crippen LogP contribution in [0.25, 0.3) is 0 Å². The molecular weight excluding hydrogens is 295 g/mol. The fourth-order valence-electron chi connectivity index (χ4n) is 1.77. The molecule has 0 radical (unpaired) electrons. The Morgan fingerprint density at radius 1 is 0.611 bits per heavy atom. The molecule has 0 bridgehead atoms. The average Bonchev–Trinajstić information content (AvgIpc) is 2.48. The Bertz CT molecular complexity index is 321. The van der Waals surface area contributed by atoms with Gasteiger partial charge in [0.05, 0.1) is 0 Å². The zero-order valence-corrected chi connectivity index (χ0v) is 9.29. The summed E-state index contributed by atoms with van der Waals surface area (Å²) in [5.74, 6) is -19.1. The van der Waals surface area contributed by atoms with E-state index in [1.165, 1.54) is 0 Å². The second-order valence-corrected chi connectivity index (χ2v) is 7.58. The normalized spacial score (nSPS) is 18.7. The van der Waals surface area contributed by atoms with E-state index in [4.69, 9.17) is 0 Å². The van der Waals surface area contributed by atoms with Crippen molar-refractivity contribution < 1.29 is 39.5 Å². The first-order valence-electron chi connectivity index (χ1n) is 4.41. The second kappa shape index (κ2) is 4.03. The van der Waals surface area contributed by atoms with Crippen molar-refractivity contribution in [2.24, 2.45) is 0 Å². The predicted molar refractivity (Wildman–Crippen MR) is 45.9 cm³/mol.